The number of rotatable bonds is 12. The third kappa shape index (κ3) is 6.43. The Morgan fingerprint density at radius 2 is 1.50 bits per heavy atom. The maximum atomic E-state index is 14.5. The minimum atomic E-state index is -1.86. The molecule has 0 aromatic heterocycles. The van der Waals surface area contributed by atoms with E-state index in [1.807, 2.05) is 23.9 Å². The lowest BCUT2D eigenvalue weighted by molar-refractivity contribution is -0.956. The number of hydrogen-bond donors (Lipinski definition) is 2. The maximum absolute atomic E-state index is 14.5. The number of carbonyl (C=O) groups excluding carboxylic acids is 4. The maximum Gasteiger partial charge on any atom is 0.360 e. The van der Waals surface area contributed by atoms with E-state index in [0.717, 1.165) is 44.3 Å². The Balaban J connectivity index is 0.998. The van der Waals surface area contributed by atoms with Gasteiger partial charge in [0.15, 0.2) is 6.61 Å². The van der Waals surface area contributed by atoms with E-state index in [1.165, 1.54) is 30.4 Å². The minimum absolute atomic E-state index is 0.111. The van der Waals surface area contributed by atoms with Crippen LogP contribution in [0.2, 0.25) is 0 Å². The van der Waals surface area contributed by atoms with Crippen LogP contribution in [0.1, 0.15) is 75.3 Å². The van der Waals surface area contributed by atoms with E-state index >= 15 is 0 Å². The van der Waals surface area contributed by atoms with Crippen molar-refractivity contribution in [2.45, 2.75) is 105 Å². The van der Waals surface area contributed by atoms with Gasteiger partial charge in [-0.15, -0.1) is 0 Å². The van der Waals surface area contributed by atoms with Gasteiger partial charge in [0.2, 0.25) is 0 Å². The summed E-state index contributed by atoms with van der Waals surface area (Å²) in [7, 11) is 0. The molecule has 5 aliphatic heterocycles. The lowest BCUT2D eigenvalue weighted by Gasteiger charge is -2.47. The van der Waals surface area contributed by atoms with Crippen molar-refractivity contribution in [2.75, 3.05) is 25.4 Å². The molecule has 7 rings (SSSR count). The van der Waals surface area contributed by atoms with Gasteiger partial charge in [0.25, 0.3) is 5.60 Å². The summed E-state index contributed by atoms with van der Waals surface area (Å²) in [4.78, 5) is 52.2. The first kappa shape index (κ1) is 33.0. The Morgan fingerprint density at radius 1 is 0.854 bits per heavy atom. The minimum Gasteiger partial charge on any atom is -0.458 e. The van der Waals surface area contributed by atoms with Crippen LogP contribution in [0.15, 0.2) is 60.7 Å². The van der Waals surface area contributed by atoms with Crippen LogP contribution >= 0.6 is 11.8 Å². The molecule has 2 N–H and O–H groups in total. The first-order valence-corrected chi connectivity index (χ1v) is 18.7. The first-order valence-electron chi connectivity index (χ1n) is 17.6. The predicted molar refractivity (Wildman–Crippen MR) is 180 cm³/mol. The summed E-state index contributed by atoms with van der Waals surface area (Å²) in [6, 6.07) is 19.1. The number of amides is 2. The van der Waals surface area contributed by atoms with Gasteiger partial charge in [0, 0.05) is 67.1 Å². The van der Waals surface area contributed by atoms with Gasteiger partial charge >= 0.3 is 23.9 Å². The summed E-state index contributed by atoms with van der Waals surface area (Å²) in [6.45, 7) is 1.84. The third-order valence-electron chi connectivity index (χ3n) is 11.4. The second-order valence-electron chi connectivity index (χ2n) is 14.1. The van der Waals surface area contributed by atoms with Crippen LogP contribution in [0.4, 0.5) is 4.79 Å². The molecule has 2 aromatic rings. The largest absolute Gasteiger partial charge is 0.458 e. The SMILES string of the molecule is O=C1N[C@H]2[C@H](CS[C@H]2CCCCC(=O)OCC(=O)OC(C(=O)OC2CC3CCC(C2)[N+]32CCCC2)(c2ccccc2)c2ccccc2)N1. The number of unbranched alkanes of at least 4 members (excludes halogenated alkanes) is 1. The fourth-order valence-corrected chi connectivity index (χ4v) is 10.7. The molecule has 1 spiro atoms. The van der Waals surface area contributed by atoms with Crippen molar-refractivity contribution in [1.29, 1.82) is 0 Å². The van der Waals surface area contributed by atoms with Crippen LogP contribution in [0.25, 0.3) is 0 Å². The van der Waals surface area contributed by atoms with Gasteiger partial charge in [-0.1, -0.05) is 67.1 Å². The highest BCUT2D eigenvalue weighted by Crippen LogP contribution is 2.47. The predicted octanol–water partition coefficient (Wildman–Crippen LogP) is 4.59. The lowest BCUT2D eigenvalue weighted by Crippen LogP contribution is -2.60. The zero-order chi connectivity index (χ0) is 33.1. The molecular formula is C37H46N3O7S+. The molecule has 5 saturated heterocycles. The molecule has 2 unspecified atom stereocenters. The number of thioether (sulfide) groups is 1. The van der Waals surface area contributed by atoms with Crippen molar-refractivity contribution in [3.63, 3.8) is 0 Å². The molecule has 10 nitrogen and oxygen atoms in total. The monoisotopic (exact) mass is 676 g/mol. The average Bonchev–Trinajstić information content (AvgIpc) is 3.86. The number of esters is 3. The lowest BCUT2D eigenvalue weighted by atomic mass is 9.85. The number of piperidine rings is 1. The van der Waals surface area contributed by atoms with E-state index in [-0.39, 0.29) is 30.6 Å². The van der Waals surface area contributed by atoms with Gasteiger partial charge in [0.05, 0.1) is 37.3 Å². The third-order valence-corrected chi connectivity index (χ3v) is 12.9. The Labute approximate surface area is 286 Å². The number of ether oxygens (including phenoxy) is 3. The van der Waals surface area contributed by atoms with E-state index in [4.69, 9.17) is 14.2 Å². The Kier molecular flexibility index (Phi) is 9.69. The number of quaternary nitrogens is 1. The number of nitrogens with one attached hydrogen (secondary N) is 2. The summed E-state index contributed by atoms with van der Waals surface area (Å²) in [5.74, 6) is -1.05. The van der Waals surface area contributed by atoms with E-state index in [1.54, 1.807) is 48.5 Å². The highest BCUT2D eigenvalue weighted by atomic mass is 32.2. The van der Waals surface area contributed by atoms with Crippen LogP contribution in [-0.4, -0.2) is 89.4 Å². The summed E-state index contributed by atoms with van der Waals surface area (Å²) in [5, 5.41) is 6.25. The zero-order valence-electron chi connectivity index (χ0n) is 27.4. The van der Waals surface area contributed by atoms with Gasteiger partial charge in [-0.25, -0.2) is 14.4 Å². The molecule has 5 aliphatic rings. The molecule has 2 amide bonds. The van der Waals surface area contributed by atoms with Gasteiger partial charge < -0.3 is 29.3 Å². The summed E-state index contributed by atoms with van der Waals surface area (Å²) < 4.78 is 19.0. The second kappa shape index (κ2) is 14.1. The highest BCUT2D eigenvalue weighted by molar-refractivity contribution is 8.00. The fourth-order valence-electron chi connectivity index (χ4n) is 9.12. The van der Waals surface area contributed by atoms with Crippen molar-refractivity contribution < 1.29 is 37.9 Å². The van der Waals surface area contributed by atoms with Crippen molar-refractivity contribution in [3.05, 3.63) is 71.8 Å². The molecule has 11 heteroatoms. The molecule has 0 aliphatic carbocycles. The van der Waals surface area contributed by atoms with Crippen LogP contribution in [0.3, 0.4) is 0 Å². The number of benzene rings is 2. The van der Waals surface area contributed by atoms with Crippen molar-refractivity contribution >= 4 is 35.7 Å². The number of carbonyl (C=O) groups is 4. The quantitative estimate of drug-likeness (QED) is 0.110. The Bertz CT molecular complexity index is 1430. The fraction of sp³-hybridized carbons (Fsp3) is 0.568. The summed E-state index contributed by atoms with van der Waals surface area (Å²) in [6.07, 6.45) is 8.70. The second-order valence-corrected chi connectivity index (χ2v) is 15.3. The van der Waals surface area contributed by atoms with Crippen molar-refractivity contribution in [3.8, 4) is 0 Å². The number of fused-ring (bicyclic) bond motifs is 1. The van der Waals surface area contributed by atoms with Gasteiger partial charge in [-0.2, -0.15) is 11.8 Å². The molecule has 0 radical (unpaired) electrons. The van der Waals surface area contributed by atoms with Crippen molar-refractivity contribution in [1.82, 2.24) is 10.6 Å². The normalized spacial score (nSPS) is 28.4. The Morgan fingerprint density at radius 3 is 2.15 bits per heavy atom. The topological polar surface area (TPSA) is 120 Å². The van der Waals surface area contributed by atoms with Crippen LogP contribution < -0.4 is 10.6 Å². The molecule has 5 fully saturated rings. The molecule has 48 heavy (non-hydrogen) atoms. The molecule has 5 atom stereocenters. The summed E-state index contributed by atoms with van der Waals surface area (Å²) >= 11 is 1.84. The standard InChI is InChI=1S/C37H45N3O7S/c41-32(16-8-7-15-31-34-30(24-48-31)38-36(44)39-34)45-23-33(42)47-37(25-11-3-1-4-12-25,26-13-5-2-6-14-26)35(43)46-29-21-27-17-18-28(22-29)40(27)19-9-10-20-40/h1-6,11-14,27-31,34H,7-10,15-24H2,(H-,38,39,44)/p+1/t27?,28?,29?,30-,31-,34-/m0/s1. The number of nitrogens with zero attached hydrogens (tertiary/aromatic N) is 1. The number of urea groups is 1. The highest BCUT2D eigenvalue weighted by Gasteiger charge is 2.57. The summed E-state index contributed by atoms with van der Waals surface area (Å²) in [5.41, 5.74) is -0.907. The van der Waals surface area contributed by atoms with Gasteiger partial charge in [-0.05, 0) is 12.8 Å². The van der Waals surface area contributed by atoms with E-state index in [9.17, 15) is 19.2 Å². The molecule has 2 aromatic carbocycles. The Hall–Kier alpha value is -3.57. The van der Waals surface area contributed by atoms with Crippen molar-refractivity contribution in [2.24, 2.45) is 0 Å². The molecule has 5 heterocycles. The molecular weight excluding hydrogens is 630 g/mol. The number of hydrogen-bond acceptors (Lipinski definition) is 8. The van der Waals surface area contributed by atoms with Crippen LogP contribution in [0, 0.1) is 0 Å². The van der Waals surface area contributed by atoms with E-state index in [2.05, 4.69) is 10.6 Å². The molecule has 256 valence electrons. The van der Waals surface area contributed by atoms with Crippen LogP contribution in [-0.2, 0) is 34.2 Å². The van der Waals surface area contributed by atoms with Crippen LogP contribution in [0.5, 0.6) is 0 Å². The van der Waals surface area contributed by atoms with E-state index in [0.29, 0.717) is 34.9 Å². The van der Waals surface area contributed by atoms with E-state index < -0.39 is 30.1 Å². The van der Waals surface area contributed by atoms with Gasteiger partial charge in [0.1, 0.15) is 6.10 Å². The zero-order valence-corrected chi connectivity index (χ0v) is 28.2. The molecule has 0 saturated carbocycles. The first-order chi connectivity index (χ1) is 23.4. The molecule has 2 bridgehead atoms. The smallest absolute Gasteiger partial charge is 0.360 e. The average molecular weight is 677 g/mol. The van der Waals surface area contributed by atoms with Gasteiger partial charge in [-0.3, -0.25) is 4.79 Å².